The maximum absolute atomic E-state index is 12.6. The van der Waals surface area contributed by atoms with Crippen molar-refractivity contribution in [2.45, 2.75) is 52.9 Å². The summed E-state index contributed by atoms with van der Waals surface area (Å²) in [5, 5.41) is 6.53. The molecule has 0 fully saturated rings. The van der Waals surface area contributed by atoms with Gasteiger partial charge in [0.2, 0.25) is 0 Å². The van der Waals surface area contributed by atoms with Gasteiger partial charge in [0, 0.05) is 10.4 Å². The number of hydrogen-bond acceptors (Lipinski definition) is 6. The molecular weight excluding hydrogens is 444 g/mol. The second kappa shape index (κ2) is 11.4. The Morgan fingerprint density at radius 1 is 1.16 bits per heavy atom. The lowest BCUT2D eigenvalue weighted by Crippen LogP contribution is -2.34. The lowest BCUT2D eigenvalue weighted by Gasteiger charge is -2.13. The van der Waals surface area contributed by atoms with E-state index in [9.17, 15) is 9.59 Å². The van der Waals surface area contributed by atoms with Crippen molar-refractivity contribution in [1.29, 1.82) is 0 Å². The van der Waals surface area contributed by atoms with Gasteiger partial charge < -0.3 is 14.8 Å². The highest BCUT2D eigenvalue weighted by atomic mass is 32.1. The average Bonchev–Trinajstić information content (AvgIpc) is 3.11. The first-order chi connectivity index (χ1) is 15.4. The maximum Gasteiger partial charge on any atom is 0.341 e. The molecule has 1 heterocycles. The molecule has 172 valence electrons. The molecule has 0 spiro atoms. The van der Waals surface area contributed by atoms with Crippen LogP contribution in [-0.2, 0) is 17.6 Å². The van der Waals surface area contributed by atoms with E-state index < -0.39 is 0 Å². The van der Waals surface area contributed by atoms with Gasteiger partial charge in [0.25, 0.3) is 5.91 Å². The van der Waals surface area contributed by atoms with Crippen LogP contribution in [-0.4, -0.2) is 30.2 Å². The highest BCUT2D eigenvalue weighted by molar-refractivity contribution is 7.80. The molecule has 32 heavy (non-hydrogen) atoms. The largest absolute Gasteiger partial charge is 0.494 e. The number of hydrogen-bond donors (Lipinski definition) is 2. The van der Waals surface area contributed by atoms with Crippen molar-refractivity contribution in [3.8, 4) is 5.75 Å². The Labute approximate surface area is 198 Å². The molecule has 8 heteroatoms. The summed E-state index contributed by atoms with van der Waals surface area (Å²) >= 11 is 6.87. The topological polar surface area (TPSA) is 76.7 Å². The van der Waals surface area contributed by atoms with E-state index in [-0.39, 0.29) is 17.0 Å². The van der Waals surface area contributed by atoms with Crippen LogP contribution in [0.25, 0.3) is 0 Å². The molecule has 0 bridgehead atoms. The summed E-state index contributed by atoms with van der Waals surface area (Å²) in [7, 11) is 0. The van der Waals surface area contributed by atoms with E-state index in [1.54, 1.807) is 31.2 Å². The van der Waals surface area contributed by atoms with Crippen LogP contribution >= 0.6 is 23.6 Å². The van der Waals surface area contributed by atoms with E-state index in [1.165, 1.54) is 16.2 Å². The van der Waals surface area contributed by atoms with Gasteiger partial charge in [-0.05, 0) is 87.0 Å². The number of thiophene rings is 1. The number of esters is 1. The monoisotopic (exact) mass is 474 g/mol. The second-order valence-electron chi connectivity index (χ2n) is 8.10. The van der Waals surface area contributed by atoms with Gasteiger partial charge in [0.05, 0.1) is 18.8 Å². The minimum Gasteiger partial charge on any atom is -0.494 e. The number of carbonyl (C=O) groups is 2. The fourth-order valence-electron chi connectivity index (χ4n) is 3.50. The van der Waals surface area contributed by atoms with Gasteiger partial charge in [-0.25, -0.2) is 4.79 Å². The third-order valence-corrected chi connectivity index (χ3v) is 6.60. The molecule has 1 aliphatic rings. The Balaban J connectivity index is 1.63. The molecule has 3 rings (SSSR count). The van der Waals surface area contributed by atoms with Crippen molar-refractivity contribution in [2.75, 3.05) is 18.5 Å². The molecule has 6 nitrogen and oxygen atoms in total. The smallest absolute Gasteiger partial charge is 0.341 e. The van der Waals surface area contributed by atoms with E-state index in [1.807, 2.05) is 0 Å². The summed E-state index contributed by atoms with van der Waals surface area (Å²) in [4.78, 5) is 26.4. The van der Waals surface area contributed by atoms with Gasteiger partial charge in [-0.2, -0.15) is 0 Å². The first-order valence-electron chi connectivity index (χ1n) is 11.1. The van der Waals surface area contributed by atoms with E-state index in [2.05, 4.69) is 24.5 Å². The zero-order valence-corrected chi connectivity index (χ0v) is 20.4. The van der Waals surface area contributed by atoms with Gasteiger partial charge in [-0.15, -0.1) is 11.3 Å². The van der Waals surface area contributed by atoms with E-state index in [0.717, 1.165) is 43.4 Å². The molecule has 1 amide bonds. The Bertz CT molecular complexity index is 967. The van der Waals surface area contributed by atoms with Gasteiger partial charge in [0.1, 0.15) is 10.8 Å². The Morgan fingerprint density at radius 3 is 2.56 bits per heavy atom. The molecule has 0 aliphatic heterocycles. The van der Waals surface area contributed by atoms with Crippen LogP contribution in [0.1, 0.15) is 71.2 Å². The summed E-state index contributed by atoms with van der Waals surface area (Å²) in [5.41, 5.74) is 2.07. The zero-order valence-electron chi connectivity index (χ0n) is 18.8. The second-order valence-corrected chi connectivity index (χ2v) is 9.61. The highest BCUT2D eigenvalue weighted by Crippen LogP contribution is 2.38. The number of thiocarbonyl (C=S) groups is 1. The number of fused-ring (bicyclic) bond motifs is 1. The molecular formula is C24H30N2O4S2. The van der Waals surface area contributed by atoms with E-state index in [0.29, 0.717) is 35.3 Å². The first-order valence-corrected chi connectivity index (χ1v) is 12.3. The van der Waals surface area contributed by atoms with Crippen molar-refractivity contribution in [1.82, 2.24) is 5.32 Å². The lowest BCUT2D eigenvalue weighted by molar-refractivity contribution is 0.0526. The SMILES string of the molecule is CCOC(=O)c1c(NC(=S)NC(=O)c2ccc(OCCC(C)C)cc2)sc2c1CCCC2. The predicted molar refractivity (Wildman–Crippen MR) is 132 cm³/mol. The van der Waals surface area contributed by atoms with Crippen LogP contribution < -0.4 is 15.4 Å². The van der Waals surface area contributed by atoms with Gasteiger partial charge in [0.15, 0.2) is 5.11 Å². The normalized spacial score (nSPS) is 12.8. The molecule has 0 unspecified atom stereocenters. The number of anilines is 1. The van der Waals surface area contributed by atoms with Crippen LogP contribution in [0.4, 0.5) is 5.00 Å². The minimum absolute atomic E-state index is 0.149. The Hall–Kier alpha value is -2.45. The third kappa shape index (κ3) is 6.29. The summed E-state index contributed by atoms with van der Waals surface area (Å²) in [6.07, 6.45) is 4.93. The zero-order chi connectivity index (χ0) is 23.1. The molecule has 2 aromatic rings. The van der Waals surface area contributed by atoms with Crippen LogP contribution in [0.3, 0.4) is 0 Å². The standard InChI is InChI=1S/C24H30N2O4S2/c1-4-29-23(28)20-18-7-5-6-8-19(18)32-22(20)26-24(31)25-21(27)16-9-11-17(12-10-16)30-14-13-15(2)3/h9-12,15H,4-8,13-14H2,1-3H3,(H2,25,26,27,31). The van der Waals surface area contributed by atoms with E-state index >= 15 is 0 Å². The lowest BCUT2D eigenvalue weighted by atomic mass is 9.95. The van der Waals surface area contributed by atoms with Crippen molar-refractivity contribution in [3.63, 3.8) is 0 Å². The van der Waals surface area contributed by atoms with E-state index in [4.69, 9.17) is 21.7 Å². The molecule has 0 saturated heterocycles. The summed E-state index contributed by atoms with van der Waals surface area (Å²) in [5.74, 6) is 0.629. The number of benzene rings is 1. The molecule has 1 aromatic heterocycles. The van der Waals surface area contributed by atoms with Gasteiger partial charge in [-0.3, -0.25) is 10.1 Å². The third-order valence-electron chi connectivity index (χ3n) is 5.19. The maximum atomic E-state index is 12.6. The number of carbonyl (C=O) groups excluding carboxylic acids is 2. The molecule has 0 saturated carbocycles. The van der Waals surface area contributed by atoms with Gasteiger partial charge in [-0.1, -0.05) is 13.8 Å². The number of nitrogens with one attached hydrogen (secondary N) is 2. The van der Waals surface area contributed by atoms with Crippen molar-refractivity contribution >= 4 is 45.5 Å². The van der Waals surface area contributed by atoms with Crippen molar-refractivity contribution in [2.24, 2.45) is 5.92 Å². The molecule has 0 radical (unpaired) electrons. The highest BCUT2D eigenvalue weighted by Gasteiger charge is 2.27. The predicted octanol–water partition coefficient (Wildman–Crippen LogP) is 5.36. The van der Waals surface area contributed by atoms with Crippen LogP contribution in [0.2, 0.25) is 0 Å². The average molecular weight is 475 g/mol. The van der Waals surface area contributed by atoms with Crippen molar-refractivity contribution in [3.05, 3.63) is 45.8 Å². The van der Waals surface area contributed by atoms with Crippen molar-refractivity contribution < 1.29 is 19.1 Å². The minimum atomic E-state index is -0.350. The van der Waals surface area contributed by atoms with Crippen LogP contribution in [0, 0.1) is 5.92 Å². The molecule has 0 atom stereocenters. The molecule has 1 aliphatic carbocycles. The fraction of sp³-hybridized carbons (Fsp3) is 0.458. The molecule has 2 N–H and O–H groups in total. The summed E-state index contributed by atoms with van der Waals surface area (Å²) in [6, 6.07) is 6.96. The summed E-state index contributed by atoms with van der Waals surface area (Å²) < 4.78 is 11.0. The van der Waals surface area contributed by atoms with Crippen LogP contribution in [0.5, 0.6) is 5.75 Å². The first kappa shape index (κ1) is 24.2. The van der Waals surface area contributed by atoms with Crippen LogP contribution in [0.15, 0.2) is 24.3 Å². The number of amides is 1. The number of ether oxygens (including phenoxy) is 2. The fourth-order valence-corrected chi connectivity index (χ4v) is 5.04. The van der Waals surface area contributed by atoms with Gasteiger partial charge >= 0.3 is 5.97 Å². The number of rotatable bonds is 8. The quantitative estimate of drug-likeness (QED) is 0.396. The molecule has 1 aromatic carbocycles. The Morgan fingerprint density at radius 2 is 1.88 bits per heavy atom. The summed E-state index contributed by atoms with van der Waals surface area (Å²) in [6.45, 7) is 7.03. The number of aryl methyl sites for hydroxylation is 1. The Kier molecular flexibility index (Phi) is 8.64.